The lowest BCUT2D eigenvalue weighted by molar-refractivity contribution is 0.611. The van der Waals surface area contributed by atoms with Crippen molar-refractivity contribution in [2.45, 2.75) is 24.5 Å². The van der Waals surface area contributed by atoms with E-state index in [1.54, 1.807) is 5.51 Å². The van der Waals surface area contributed by atoms with E-state index in [0.29, 0.717) is 5.39 Å². The molecule has 0 fully saturated rings. The maximum Gasteiger partial charge on any atom is 0.263 e. The number of rotatable bonds is 2. The zero-order chi connectivity index (χ0) is 14.7. The summed E-state index contributed by atoms with van der Waals surface area (Å²) < 4.78 is 25.0. The van der Waals surface area contributed by atoms with Gasteiger partial charge in [-0.1, -0.05) is 19.6 Å². The molecule has 0 unspecified atom stereocenters. The Bertz CT molecular complexity index is 922. The fourth-order valence-corrected chi connectivity index (χ4v) is 7.07. The molecule has 20 heavy (non-hydrogen) atoms. The summed E-state index contributed by atoms with van der Waals surface area (Å²) in [6, 6.07) is 3.70. The Morgan fingerprint density at radius 2 is 2.00 bits per heavy atom. The maximum absolute atomic E-state index is 12.0. The highest BCUT2D eigenvalue weighted by Gasteiger charge is 2.31. The molecule has 0 radical (unpaired) electrons. The van der Waals surface area contributed by atoms with Gasteiger partial charge in [0.05, 0.1) is 23.8 Å². The van der Waals surface area contributed by atoms with Gasteiger partial charge in [-0.2, -0.15) is 0 Å². The van der Waals surface area contributed by atoms with Crippen LogP contribution in [0, 0.1) is 0 Å². The van der Waals surface area contributed by atoms with Crippen LogP contribution >= 0.6 is 22.0 Å². The van der Waals surface area contributed by atoms with Crippen molar-refractivity contribution >= 4 is 65.6 Å². The molecule has 106 valence electrons. The molecule has 0 aliphatic carbocycles. The lowest BCUT2D eigenvalue weighted by Crippen LogP contribution is -2.41. The van der Waals surface area contributed by atoms with Crippen LogP contribution in [0.3, 0.4) is 0 Å². The molecular weight excluding hydrogens is 332 g/mol. The van der Waals surface area contributed by atoms with Gasteiger partial charge in [0.1, 0.15) is 10.4 Å². The van der Waals surface area contributed by atoms with Gasteiger partial charge >= 0.3 is 0 Å². The van der Waals surface area contributed by atoms with Crippen molar-refractivity contribution in [3.05, 3.63) is 17.6 Å². The Hall–Kier alpha value is -0.893. The molecular formula is C12H13ClN2O2S2Si. The van der Waals surface area contributed by atoms with Gasteiger partial charge in [-0.3, -0.25) is 0 Å². The summed E-state index contributed by atoms with van der Waals surface area (Å²) in [5, 5.41) is 1.39. The van der Waals surface area contributed by atoms with Crippen LogP contribution in [-0.4, -0.2) is 26.5 Å². The first-order valence-electron chi connectivity index (χ1n) is 6.02. The van der Waals surface area contributed by atoms with E-state index in [4.69, 9.17) is 10.7 Å². The van der Waals surface area contributed by atoms with Gasteiger partial charge in [0, 0.05) is 21.4 Å². The predicted octanol–water partition coefficient (Wildman–Crippen LogP) is 3.25. The quantitative estimate of drug-likeness (QED) is 0.573. The lowest BCUT2D eigenvalue weighted by atomic mass is 10.2. The van der Waals surface area contributed by atoms with Crippen molar-refractivity contribution in [3.8, 4) is 0 Å². The number of halogens is 1. The van der Waals surface area contributed by atoms with Gasteiger partial charge in [-0.25, -0.2) is 13.4 Å². The molecule has 0 saturated heterocycles. The molecule has 2 heterocycles. The normalized spacial score (nSPS) is 13.4. The molecule has 1 aromatic carbocycles. The Labute approximate surface area is 126 Å². The highest BCUT2D eigenvalue weighted by Crippen LogP contribution is 2.32. The van der Waals surface area contributed by atoms with Crippen molar-refractivity contribution < 1.29 is 8.42 Å². The van der Waals surface area contributed by atoms with E-state index >= 15 is 0 Å². The Balaban J connectivity index is 2.56. The summed E-state index contributed by atoms with van der Waals surface area (Å²) in [5.74, 6) is 0. The van der Waals surface area contributed by atoms with E-state index in [9.17, 15) is 8.42 Å². The van der Waals surface area contributed by atoms with E-state index in [2.05, 4.69) is 29.6 Å². The molecule has 0 bridgehead atoms. The number of H-pyrrole nitrogens is 1. The second kappa shape index (κ2) is 4.30. The highest BCUT2D eigenvalue weighted by atomic mass is 35.7. The van der Waals surface area contributed by atoms with Crippen LogP contribution in [0.1, 0.15) is 0 Å². The number of hydrogen-bond acceptors (Lipinski definition) is 4. The van der Waals surface area contributed by atoms with E-state index in [-0.39, 0.29) is 4.90 Å². The molecule has 0 spiro atoms. The minimum absolute atomic E-state index is 0.225. The number of aromatic nitrogens is 2. The summed E-state index contributed by atoms with van der Waals surface area (Å²) in [6.45, 7) is 6.25. The zero-order valence-electron chi connectivity index (χ0n) is 11.2. The van der Waals surface area contributed by atoms with Gasteiger partial charge < -0.3 is 4.98 Å². The van der Waals surface area contributed by atoms with Crippen LogP contribution in [0.25, 0.3) is 21.1 Å². The number of nitrogens with one attached hydrogen (secondary N) is 1. The second-order valence-electron chi connectivity index (χ2n) is 5.70. The summed E-state index contributed by atoms with van der Waals surface area (Å²) in [4.78, 5) is 7.84. The molecule has 4 nitrogen and oxygen atoms in total. The molecule has 0 atom stereocenters. The molecule has 1 N–H and O–H groups in total. The van der Waals surface area contributed by atoms with Crippen LogP contribution in [0.5, 0.6) is 0 Å². The number of benzene rings is 1. The molecule has 3 rings (SSSR count). The second-order valence-corrected chi connectivity index (χ2v) is 14.1. The van der Waals surface area contributed by atoms with Crippen LogP contribution in [0.2, 0.25) is 19.6 Å². The average molecular weight is 345 g/mol. The monoisotopic (exact) mass is 344 g/mol. The number of aromatic amines is 1. The van der Waals surface area contributed by atoms with Crippen molar-refractivity contribution in [3.63, 3.8) is 0 Å². The number of hydrogen-bond donors (Lipinski definition) is 1. The number of thiazole rings is 1. The third-order valence-corrected chi connectivity index (χ3v) is 7.44. The predicted molar refractivity (Wildman–Crippen MR) is 87.5 cm³/mol. The van der Waals surface area contributed by atoms with Gasteiger partial charge in [0.2, 0.25) is 0 Å². The average Bonchev–Trinajstić information content (AvgIpc) is 2.89. The highest BCUT2D eigenvalue weighted by molar-refractivity contribution is 8.14. The molecule has 0 amide bonds. The standard InChI is InChI=1S/C12H13ClN2O2S2Si/c1-20(2,3)12-11(19(13,16)17)7-4-5-8-10(9(7)15-12)14-6-18-8/h4-6,15H,1-3H3. The minimum atomic E-state index is -3.80. The van der Waals surface area contributed by atoms with Crippen molar-refractivity contribution in [2.75, 3.05) is 0 Å². The van der Waals surface area contributed by atoms with Crippen molar-refractivity contribution in [1.29, 1.82) is 0 Å². The topological polar surface area (TPSA) is 62.8 Å². The fraction of sp³-hybridized carbons (Fsp3) is 0.250. The molecule has 0 aliphatic heterocycles. The van der Waals surface area contributed by atoms with E-state index in [1.165, 1.54) is 11.3 Å². The first kappa shape index (κ1) is 14.1. The molecule has 3 aromatic rings. The minimum Gasteiger partial charge on any atom is -0.359 e. The van der Waals surface area contributed by atoms with E-state index in [0.717, 1.165) is 21.1 Å². The van der Waals surface area contributed by atoms with Crippen LogP contribution in [0.4, 0.5) is 0 Å². The van der Waals surface area contributed by atoms with E-state index in [1.807, 2.05) is 12.1 Å². The first-order valence-corrected chi connectivity index (χ1v) is 12.7. The molecule has 0 aliphatic rings. The molecule has 0 saturated carbocycles. The van der Waals surface area contributed by atoms with Crippen molar-refractivity contribution in [2.24, 2.45) is 0 Å². The zero-order valence-corrected chi connectivity index (χ0v) is 14.6. The van der Waals surface area contributed by atoms with Gasteiger partial charge in [-0.05, 0) is 12.1 Å². The summed E-state index contributed by atoms with van der Waals surface area (Å²) >= 11 is 1.53. The summed E-state index contributed by atoms with van der Waals surface area (Å²) in [7, 11) is -0.00970. The lowest BCUT2D eigenvalue weighted by Gasteiger charge is -2.15. The van der Waals surface area contributed by atoms with Gasteiger partial charge in [-0.15, -0.1) is 11.3 Å². The number of nitrogens with zero attached hydrogens (tertiary/aromatic N) is 1. The SMILES string of the molecule is C[Si](C)(C)c1[nH]c2c(ccc3scnc32)c1S(=O)(=O)Cl. The van der Waals surface area contributed by atoms with Gasteiger partial charge in [0.25, 0.3) is 9.05 Å². The first-order chi connectivity index (χ1) is 9.19. The van der Waals surface area contributed by atoms with Crippen LogP contribution in [-0.2, 0) is 9.05 Å². The molecule has 2 aromatic heterocycles. The van der Waals surface area contributed by atoms with Crippen LogP contribution < -0.4 is 5.32 Å². The Morgan fingerprint density at radius 1 is 1.30 bits per heavy atom. The Morgan fingerprint density at radius 3 is 2.60 bits per heavy atom. The Kier molecular flexibility index (Phi) is 3.02. The largest absolute Gasteiger partial charge is 0.359 e. The van der Waals surface area contributed by atoms with Crippen molar-refractivity contribution in [1.82, 2.24) is 9.97 Å². The third kappa shape index (κ3) is 2.09. The van der Waals surface area contributed by atoms with Gasteiger partial charge in [0.15, 0.2) is 0 Å². The number of fused-ring (bicyclic) bond motifs is 3. The molecule has 8 heteroatoms. The van der Waals surface area contributed by atoms with E-state index < -0.39 is 17.1 Å². The maximum atomic E-state index is 12.0. The smallest absolute Gasteiger partial charge is 0.263 e. The third-order valence-electron chi connectivity index (χ3n) is 3.22. The summed E-state index contributed by atoms with van der Waals surface area (Å²) in [5.41, 5.74) is 3.33. The summed E-state index contributed by atoms with van der Waals surface area (Å²) in [6.07, 6.45) is 0. The fourth-order valence-electron chi connectivity index (χ4n) is 2.34. The van der Waals surface area contributed by atoms with Crippen LogP contribution in [0.15, 0.2) is 22.5 Å².